The van der Waals surface area contributed by atoms with Gasteiger partial charge >= 0.3 is 0 Å². The van der Waals surface area contributed by atoms with Crippen molar-refractivity contribution in [1.82, 2.24) is 0 Å². The maximum atomic E-state index is 13.4. The Balaban J connectivity index is 2.09. The van der Waals surface area contributed by atoms with Gasteiger partial charge in [0.05, 0.1) is 22.1 Å². The van der Waals surface area contributed by atoms with Gasteiger partial charge in [-0.05, 0) is 48.4 Å². The maximum absolute atomic E-state index is 13.4. The van der Waals surface area contributed by atoms with Crippen LogP contribution in [0.3, 0.4) is 0 Å². The molecule has 0 fully saturated rings. The van der Waals surface area contributed by atoms with Crippen LogP contribution in [-0.4, -0.2) is 13.3 Å². The van der Waals surface area contributed by atoms with Crippen molar-refractivity contribution in [2.75, 3.05) is 4.31 Å². The molecule has 0 saturated carbocycles. The van der Waals surface area contributed by atoms with Crippen LogP contribution >= 0.6 is 11.6 Å². The lowest BCUT2D eigenvalue weighted by Gasteiger charge is -2.25. The Morgan fingerprint density at radius 1 is 1.00 bits per heavy atom. The third-order valence-corrected chi connectivity index (χ3v) is 6.35. The first kappa shape index (κ1) is 19.9. The summed E-state index contributed by atoms with van der Waals surface area (Å²) in [7, 11) is -3.98. The van der Waals surface area contributed by atoms with Gasteiger partial charge in [0.2, 0.25) is 0 Å². The summed E-state index contributed by atoms with van der Waals surface area (Å²) in [6.07, 6.45) is 0. The van der Waals surface area contributed by atoms with E-state index in [1.54, 1.807) is 42.5 Å². The molecule has 0 N–H and O–H groups in total. The minimum Gasteiger partial charge on any atom is -0.262 e. The third-order valence-electron chi connectivity index (χ3n) is 4.20. The Labute approximate surface area is 168 Å². The molecular weight excluding hydrogens is 400 g/mol. The second-order valence-electron chi connectivity index (χ2n) is 6.19. The van der Waals surface area contributed by atoms with Crippen LogP contribution in [0.2, 0.25) is 5.02 Å². The maximum Gasteiger partial charge on any atom is 0.269 e. The fourth-order valence-corrected chi connectivity index (χ4v) is 4.38. The molecule has 3 aromatic carbocycles. The lowest BCUT2D eigenvalue weighted by Crippen LogP contribution is -2.30. The number of nitrogens with zero attached hydrogens (tertiary/aromatic N) is 2. The highest BCUT2D eigenvalue weighted by Gasteiger charge is 2.26. The zero-order valence-electron chi connectivity index (χ0n) is 14.9. The van der Waals surface area contributed by atoms with Gasteiger partial charge in [-0.25, -0.2) is 8.42 Å². The molecule has 0 amide bonds. The van der Waals surface area contributed by atoms with E-state index in [4.69, 9.17) is 11.6 Å². The average Bonchev–Trinajstić information content (AvgIpc) is 2.67. The van der Waals surface area contributed by atoms with Gasteiger partial charge in [-0.15, -0.1) is 0 Å². The Kier molecular flexibility index (Phi) is 5.67. The van der Waals surface area contributed by atoms with E-state index in [0.29, 0.717) is 16.3 Å². The monoisotopic (exact) mass is 416 g/mol. The molecule has 0 heterocycles. The molecular formula is C20H17ClN2O4S. The molecule has 3 rings (SSSR count). The number of rotatable bonds is 6. The van der Waals surface area contributed by atoms with E-state index in [-0.39, 0.29) is 17.1 Å². The molecule has 0 aromatic heterocycles. The number of benzene rings is 3. The average molecular weight is 417 g/mol. The van der Waals surface area contributed by atoms with Crippen LogP contribution in [0.5, 0.6) is 0 Å². The van der Waals surface area contributed by atoms with Crippen molar-refractivity contribution in [3.63, 3.8) is 0 Å². The fourth-order valence-electron chi connectivity index (χ4n) is 2.75. The number of nitro groups is 1. The van der Waals surface area contributed by atoms with E-state index in [1.807, 2.05) is 13.0 Å². The van der Waals surface area contributed by atoms with Gasteiger partial charge in [-0.1, -0.05) is 41.9 Å². The number of non-ortho nitro benzene ring substituents is 1. The van der Waals surface area contributed by atoms with Crippen molar-refractivity contribution in [1.29, 1.82) is 0 Å². The molecule has 8 heteroatoms. The number of sulfonamides is 1. The largest absolute Gasteiger partial charge is 0.269 e. The standard InChI is InChI=1S/C20H17ClN2O4S/c1-15-5-4-7-18(13-15)22(14-16-6-2-3-8-20(16)21)28(26,27)19-11-9-17(10-12-19)23(24)25/h2-13H,14H2,1H3. The molecule has 0 saturated heterocycles. The van der Waals surface area contributed by atoms with Crippen LogP contribution in [0.25, 0.3) is 0 Å². The van der Waals surface area contributed by atoms with E-state index in [9.17, 15) is 18.5 Å². The first-order valence-corrected chi connectivity index (χ1v) is 10.2. The van der Waals surface area contributed by atoms with E-state index in [1.165, 1.54) is 28.6 Å². The van der Waals surface area contributed by atoms with Crippen LogP contribution in [0, 0.1) is 17.0 Å². The van der Waals surface area contributed by atoms with Crippen molar-refractivity contribution in [2.45, 2.75) is 18.4 Å². The summed E-state index contributed by atoms with van der Waals surface area (Å²) in [5, 5.41) is 11.3. The van der Waals surface area contributed by atoms with Gasteiger partial charge < -0.3 is 0 Å². The highest BCUT2D eigenvalue weighted by molar-refractivity contribution is 7.92. The Morgan fingerprint density at radius 3 is 2.29 bits per heavy atom. The van der Waals surface area contributed by atoms with E-state index in [2.05, 4.69) is 0 Å². The number of aryl methyl sites for hydroxylation is 1. The summed E-state index contributed by atoms with van der Waals surface area (Å²) in [6.45, 7) is 1.90. The minimum absolute atomic E-state index is 0.0302. The van der Waals surface area contributed by atoms with E-state index < -0.39 is 14.9 Å². The third kappa shape index (κ3) is 4.16. The molecule has 0 bridgehead atoms. The fraction of sp³-hybridized carbons (Fsp3) is 0.100. The molecule has 0 aliphatic carbocycles. The number of hydrogen-bond donors (Lipinski definition) is 0. The highest BCUT2D eigenvalue weighted by Crippen LogP contribution is 2.29. The van der Waals surface area contributed by atoms with Gasteiger partial charge in [0.25, 0.3) is 15.7 Å². The van der Waals surface area contributed by atoms with Crippen LogP contribution < -0.4 is 4.31 Å². The SMILES string of the molecule is Cc1cccc(N(Cc2ccccc2Cl)S(=O)(=O)c2ccc([N+](=O)[O-])cc2)c1. The lowest BCUT2D eigenvalue weighted by molar-refractivity contribution is -0.384. The van der Waals surface area contributed by atoms with E-state index in [0.717, 1.165) is 5.56 Å². The number of nitro benzene ring substituents is 1. The molecule has 144 valence electrons. The van der Waals surface area contributed by atoms with Gasteiger partial charge in [0.15, 0.2) is 0 Å². The van der Waals surface area contributed by atoms with Gasteiger partial charge in [0.1, 0.15) is 0 Å². The summed E-state index contributed by atoms with van der Waals surface area (Å²) in [5.41, 5.74) is 1.86. The van der Waals surface area contributed by atoms with Gasteiger partial charge in [-0.3, -0.25) is 14.4 Å². The molecule has 0 atom stereocenters. The molecule has 0 spiro atoms. The first-order chi connectivity index (χ1) is 13.3. The molecule has 6 nitrogen and oxygen atoms in total. The number of anilines is 1. The highest BCUT2D eigenvalue weighted by atomic mass is 35.5. The predicted octanol–water partition coefficient (Wildman–Crippen LogP) is 4.95. The van der Waals surface area contributed by atoms with Crippen LogP contribution in [0.4, 0.5) is 11.4 Å². The van der Waals surface area contributed by atoms with Gasteiger partial charge in [-0.2, -0.15) is 0 Å². The van der Waals surface area contributed by atoms with E-state index >= 15 is 0 Å². The summed E-state index contributed by atoms with van der Waals surface area (Å²) in [6, 6.07) is 19.0. The molecule has 0 aliphatic heterocycles. The smallest absolute Gasteiger partial charge is 0.262 e. The van der Waals surface area contributed by atoms with Crippen molar-refractivity contribution in [3.05, 3.63) is 99.1 Å². The van der Waals surface area contributed by atoms with Crippen molar-refractivity contribution in [3.8, 4) is 0 Å². The molecule has 0 aliphatic rings. The molecule has 0 unspecified atom stereocenters. The van der Waals surface area contributed by atoms with Crippen molar-refractivity contribution >= 4 is 33.0 Å². The first-order valence-electron chi connectivity index (χ1n) is 8.36. The summed E-state index contributed by atoms with van der Waals surface area (Å²) in [4.78, 5) is 10.3. The Hall–Kier alpha value is -2.90. The summed E-state index contributed by atoms with van der Waals surface area (Å²) >= 11 is 6.24. The zero-order chi connectivity index (χ0) is 20.3. The Bertz CT molecular complexity index is 1120. The lowest BCUT2D eigenvalue weighted by atomic mass is 10.2. The number of halogens is 1. The summed E-state index contributed by atoms with van der Waals surface area (Å²) < 4.78 is 28.0. The Morgan fingerprint density at radius 2 is 1.68 bits per heavy atom. The quantitative estimate of drug-likeness (QED) is 0.420. The van der Waals surface area contributed by atoms with Crippen molar-refractivity contribution < 1.29 is 13.3 Å². The summed E-state index contributed by atoms with van der Waals surface area (Å²) in [5.74, 6) is 0. The number of hydrogen-bond acceptors (Lipinski definition) is 4. The molecule has 3 aromatic rings. The molecule has 28 heavy (non-hydrogen) atoms. The zero-order valence-corrected chi connectivity index (χ0v) is 16.5. The van der Waals surface area contributed by atoms with Crippen molar-refractivity contribution in [2.24, 2.45) is 0 Å². The minimum atomic E-state index is -3.98. The second kappa shape index (κ2) is 8.00. The van der Waals surface area contributed by atoms with Crippen LogP contribution in [0.15, 0.2) is 77.7 Å². The normalized spacial score (nSPS) is 11.2. The predicted molar refractivity (Wildman–Crippen MR) is 109 cm³/mol. The second-order valence-corrected chi connectivity index (χ2v) is 8.46. The van der Waals surface area contributed by atoms with Crippen LogP contribution in [0.1, 0.15) is 11.1 Å². The van der Waals surface area contributed by atoms with Crippen LogP contribution in [-0.2, 0) is 16.6 Å². The van der Waals surface area contributed by atoms with Gasteiger partial charge in [0, 0.05) is 17.2 Å². The topological polar surface area (TPSA) is 80.5 Å². The molecule has 0 radical (unpaired) electrons.